The van der Waals surface area contributed by atoms with Crippen LogP contribution in [0.3, 0.4) is 0 Å². The summed E-state index contributed by atoms with van der Waals surface area (Å²) < 4.78 is 7.56. The van der Waals surface area contributed by atoms with Crippen molar-refractivity contribution in [2.45, 2.75) is 11.4 Å². The lowest BCUT2D eigenvalue weighted by atomic mass is 10.2. The number of carbonyl (C=O) groups excluding carboxylic acids is 1. The Morgan fingerprint density at radius 2 is 2.03 bits per heavy atom. The predicted octanol–water partition coefficient (Wildman–Crippen LogP) is 6.07. The molecule has 0 aliphatic carbocycles. The summed E-state index contributed by atoms with van der Waals surface area (Å²) in [5.74, 6) is 0.599. The van der Waals surface area contributed by atoms with Crippen LogP contribution in [-0.2, 0) is 6.54 Å². The zero-order chi connectivity index (χ0) is 19.8. The number of fused-ring (bicyclic) bond motifs is 2. The lowest BCUT2D eigenvalue weighted by Crippen LogP contribution is -2.30. The number of thioether (sulfide) groups is 1. The molecular weight excluding hydrogens is 422 g/mol. The molecule has 3 heterocycles. The lowest BCUT2D eigenvalue weighted by molar-refractivity contribution is 0.0983. The van der Waals surface area contributed by atoms with Crippen molar-refractivity contribution in [3.8, 4) is 0 Å². The summed E-state index contributed by atoms with van der Waals surface area (Å²) >= 11 is 4.73. The Bertz CT molecular complexity index is 1310. The molecule has 0 bridgehead atoms. The van der Waals surface area contributed by atoms with Crippen LogP contribution in [0.4, 0.5) is 5.13 Å². The number of aromatic nitrogens is 2. The normalized spacial score (nSPS) is 11.3. The van der Waals surface area contributed by atoms with Crippen LogP contribution in [0.15, 0.2) is 69.6 Å². The molecule has 8 heteroatoms. The highest BCUT2D eigenvalue weighted by Gasteiger charge is 2.23. The van der Waals surface area contributed by atoms with Gasteiger partial charge in [-0.15, -0.1) is 23.1 Å². The molecule has 0 radical (unpaired) electrons. The summed E-state index contributed by atoms with van der Waals surface area (Å²) in [6.45, 7) is 0.321. The monoisotopic (exact) mass is 437 g/mol. The van der Waals surface area contributed by atoms with E-state index in [-0.39, 0.29) is 5.91 Å². The summed E-state index contributed by atoms with van der Waals surface area (Å²) in [6.07, 6.45) is 3.66. The van der Waals surface area contributed by atoms with Crippen LogP contribution in [0.1, 0.15) is 16.1 Å². The molecule has 0 spiro atoms. The van der Waals surface area contributed by atoms with Gasteiger partial charge in [0.25, 0.3) is 5.91 Å². The second-order valence-corrected chi connectivity index (χ2v) is 9.11. The molecular formula is C21H15N3O2S3. The maximum atomic E-state index is 13.5. The smallest absolute Gasteiger partial charge is 0.260 e. The number of carbonyl (C=O) groups is 1. The Labute approximate surface area is 179 Å². The number of nitrogens with zero attached hydrogens (tertiary/aromatic N) is 3. The third-order valence-electron chi connectivity index (χ3n) is 4.53. The van der Waals surface area contributed by atoms with E-state index in [9.17, 15) is 4.79 Å². The van der Waals surface area contributed by atoms with Gasteiger partial charge in [-0.25, -0.2) is 9.97 Å². The van der Waals surface area contributed by atoms with E-state index in [4.69, 9.17) is 9.40 Å². The van der Waals surface area contributed by atoms with Gasteiger partial charge in [-0.05, 0) is 54.8 Å². The molecule has 1 amide bonds. The quantitative estimate of drug-likeness (QED) is 0.312. The van der Waals surface area contributed by atoms with Crippen molar-refractivity contribution in [2.75, 3.05) is 11.2 Å². The minimum absolute atomic E-state index is 0.110. The number of thiazole rings is 2. The summed E-state index contributed by atoms with van der Waals surface area (Å²) in [5, 5.41) is 0.657. The number of furan rings is 1. The molecule has 0 aliphatic heterocycles. The van der Waals surface area contributed by atoms with Crippen LogP contribution in [0, 0.1) is 0 Å². The fraction of sp³-hybridized carbons (Fsp3) is 0.0952. The number of hydrogen-bond acceptors (Lipinski definition) is 7. The number of anilines is 1. The second kappa shape index (κ2) is 7.62. The van der Waals surface area contributed by atoms with Crippen LogP contribution in [0.2, 0.25) is 0 Å². The zero-order valence-electron chi connectivity index (χ0n) is 15.4. The van der Waals surface area contributed by atoms with Crippen LogP contribution in [-0.4, -0.2) is 22.1 Å². The topological polar surface area (TPSA) is 59.2 Å². The van der Waals surface area contributed by atoms with Gasteiger partial charge >= 0.3 is 0 Å². The number of amides is 1. The molecule has 3 aromatic heterocycles. The Hall–Kier alpha value is -2.68. The van der Waals surface area contributed by atoms with E-state index >= 15 is 0 Å². The molecule has 144 valence electrons. The Kier molecular flexibility index (Phi) is 4.83. The predicted molar refractivity (Wildman–Crippen MR) is 120 cm³/mol. The summed E-state index contributed by atoms with van der Waals surface area (Å²) in [6, 6.07) is 15.4. The van der Waals surface area contributed by atoms with Gasteiger partial charge in [0.2, 0.25) is 0 Å². The fourth-order valence-corrected chi connectivity index (χ4v) is 5.30. The highest BCUT2D eigenvalue weighted by molar-refractivity contribution is 7.98. The van der Waals surface area contributed by atoms with Crippen LogP contribution < -0.4 is 4.90 Å². The van der Waals surface area contributed by atoms with E-state index in [1.54, 1.807) is 28.4 Å². The highest BCUT2D eigenvalue weighted by Crippen LogP contribution is 2.33. The average molecular weight is 438 g/mol. The van der Waals surface area contributed by atoms with E-state index < -0.39 is 0 Å². The average Bonchev–Trinajstić information content (AvgIpc) is 3.50. The van der Waals surface area contributed by atoms with Crippen LogP contribution >= 0.6 is 34.4 Å². The SMILES string of the molecule is CSc1ccc2nc(N(Cc3ccco3)C(=O)c3ccc4ncsc4c3)sc2c1. The number of benzene rings is 2. The van der Waals surface area contributed by atoms with Crippen LogP contribution in [0.5, 0.6) is 0 Å². The molecule has 5 aromatic rings. The van der Waals surface area contributed by atoms with Gasteiger partial charge in [-0.1, -0.05) is 11.3 Å². The minimum Gasteiger partial charge on any atom is -0.467 e. The molecule has 0 N–H and O–H groups in total. The van der Waals surface area contributed by atoms with Crippen molar-refractivity contribution in [2.24, 2.45) is 0 Å². The van der Waals surface area contributed by atoms with Gasteiger partial charge in [-0.2, -0.15) is 0 Å². The molecule has 0 saturated heterocycles. The third kappa shape index (κ3) is 3.55. The van der Waals surface area contributed by atoms with Gasteiger partial charge in [0.15, 0.2) is 5.13 Å². The maximum Gasteiger partial charge on any atom is 0.260 e. The molecule has 0 aliphatic rings. The third-order valence-corrected chi connectivity index (χ3v) is 7.09. The van der Waals surface area contributed by atoms with Gasteiger partial charge < -0.3 is 4.42 Å². The molecule has 0 unspecified atom stereocenters. The lowest BCUT2D eigenvalue weighted by Gasteiger charge is -2.18. The first-order valence-electron chi connectivity index (χ1n) is 8.83. The van der Waals surface area contributed by atoms with E-state index in [1.807, 2.05) is 48.7 Å². The summed E-state index contributed by atoms with van der Waals surface area (Å²) in [7, 11) is 0. The van der Waals surface area contributed by atoms with Crippen molar-refractivity contribution in [1.29, 1.82) is 0 Å². The van der Waals surface area contributed by atoms with Gasteiger partial charge in [0.05, 0.1) is 38.8 Å². The molecule has 5 nitrogen and oxygen atoms in total. The first-order valence-corrected chi connectivity index (χ1v) is 11.8. The summed E-state index contributed by atoms with van der Waals surface area (Å²) in [5.41, 5.74) is 4.18. The van der Waals surface area contributed by atoms with Crippen LogP contribution in [0.25, 0.3) is 20.4 Å². The van der Waals surface area contributed by atoms with Crippen molar-refractivity contribution in [1.82, 2.24) is 9.97 Å². The molecule has 2 aromatic carbocycles. The van der Waals surface area contributed by atoms with Gasteiger partial charge in [0.1, 0.15) is 5.76 Å². The maximum absolute atomic E-state index is 13.5. The van der Waals surface area contributed by atoms with Crippen molar-refractivity contribution < 1.29 is 9.21 Å². The molecule has 0 saturated carbocycles. The standard InChI is InChI=1S/C21H15N3O2S3/c1-27-15-5-7-17-19(10-15)29-21(23-17)24(11-14-3-2-8-26-14)20(25)13-4-6-16-18(9-13)28-12-22-16/h2-10,12H,11H2,1H3. The largest absolute Gasteiger partial charge is 0.467 e. The Morgan fingerprint density at radius 1 is 1.14 bits per heavy atom. The Morgan fingerprint density at radius 3 is 2.86 bits per heavy atom. The molecule has 29 heavy (non-hydrogen) atoms. The first kappa shape index (κ1) is 18.4. The van der Waals surface area contributed by atoms with Crippen molar-refractivity contribution in [3.63, 3.8) is 0 Å². The zero-order valence-corrected chi connectivity index (χ0v) is 17.8. The summed E-state index contributed by atoms with van der Waals surface area (Å²) in [4.78, 5) is 25.4. The second-order valence-electron chi connectivity index (χ2n) is 6.34. The van der Waals surface area contributed by atoms with Gasteiger partial charge in [-0.3, -0.25) is 9.69 Å². The first-order chi connectivity index (χ1) is 14.2. The Balaban J connectivity index is 1.57. The van der Waals surface area contributed by atoms with Crippen molar-refractivity contribution in [3.05, 3.63) is 71.6 Å². The molecule has 0 fully saturated rings. The van der Waals surface area contributed by atoms with E-state index in [1.165, 1.54) is 27.6 Å². The molecule has 5 rings (SSSR count). The van der Waals surface area contributed by atoms with Gasteiger partial charge in [0, 0.05) is 10.5 Å². The van der Waals surface area contributed by atoms with Crippen molar-refractivity contribution >= 4 is 65.9 Å². The van der Waals surface area contributed by atoms with E-state index in [2.05, 4.69) is 11.1 Å². The molecule has 0 atom stereocenters. The fourth-order valence-electron chi connectivity index (χ4n) is 3.06. The highest BCUT2D eigenvalue weighted by atomic mass is 32.2. The number of hydrogen-bond donors (Lipinski definition) is 0. The number of rotatable bonds is 5. The van der Waals surface area contributed by atoms with E-state index in [0.717, 1.165) is 20.4 Å². The van der Waals surface area contributed by atoms with E-state index in [0.29, 0.717) is 23.0 Å². The minimum atomic E-state index is -0.110.